The van der Waals surface area contributed by atoms with Crippen molar-refractivity contribution in [3.8, 4) is 0 Å². The fraction of sp³-hybridized carbons (Fsp3) is 0.917. The maximum Gasteiger partial charge on any atom is 0.309 e. The predicted octanol–water partition coefficient (Wildman–Crippen LogP) is 1.19. The molecule has 4 nitrogen and oxygen atoms in total. The second kappa shape index (κ2) is 5.15. The first-order valence-corrected chi connectivity index (χ1v) is 6.08. The lowest BCUT2D eigenvalue weighted by molar-refractivity contribution is -0.160. The molecule has 0 saturated carbocycles. The van der Waals surface area contributed by atoms with E-state index in [2.05, 4.69) is 11.8 Å². The van der Waals surface area contributed by atoms with E-state index in [-0.39, 0.29) is 5.92 Å². The first-order chi connectivity index (χ1) is 7.40. The lowest BCUT2D eigenvalue weighted by Gasteiger charge is -2.42. The molecule has 0 radical (unpaired) electrons. The summed E-state index contributed by atoms with van der Waals surface area (Å²) in [5.41, 5.74) is -1.02. The van der Waals surface area contributed by atoms with Crippen LogP contribution in [0.4, 0.5) is 0 Å². The molecule has 1 aliphatic heterocycles. The lowest BCUT2D eigenvalue weighted by Crippen LogP contribution is -2.52. The molecule has 1 unspecified atom stereocenters. The largest absolute Gasteiger partial charge is 0.481 e. The summed E-state index contributed by atoms with van der Waals surface area (Å²) in [7, 11) is 0. The first kappa shape index (κ1) is 13.5. The number of rotatable bonds is 4. The predicted molar refractivity (Wildman–Crippen MR) is 62.3 cm³/mol. The molecule has 1 saturated heterocycles. The molecule has 0 amide bonds. The van der Waals surface area contributed by atoms with E-state index in [1.807, 2.05) is 13.8 Å². The Kier molecular flexibility index (Phi) is 4.33. The maximum atomic E-state index is 11.2. The number of likely N-dealkylation sites (tertiary alicyclic amines) is 1. The summed E-state index contributed by atoms with van der Waals surface area (Å²) in [5, 5.41) is 19.7. The molecule has 94 valence electrons. The highest BCUT2D eigenvalue weighted by Gasteiger charge is 2.44. The van der Waals surface area contributed by atoms with Crippen molar-refractivity contribution >= 4 is 5.97 Å². The SMILES string of the molecule is CCN1CCC(O)(C(C(=O)O)C(C)C)CC1. The monoisotopic (exact) mass is 229 g/mol. The second-order valence-electron chi connectivity index (χ2n) is 5.10. The van der Waals surface area contributed by atoms with E-state index in [1.165, 1.54) is 0 Å². The van der Waals surface area contributed by atoms with Crippen LogP contribution in [0.15, 0.2) is 0 Å². The summed E-state index contributed by atoms with van der Waals surface area (Å²) in [5.74, 6) is -1.55. The second-order valence-corrected chi connectivity index (χ2v) is 5.10. The molecule has 0 aromatic heterocycles. The van der Waals surface area contributed by atoms with Crippen LogP contribution < -0.4 is 0 Å². The Hall–Kier alpha value is -0.610. The molecular formula is C12H23NO3. The Bertz CT molecular complexity index is 245. The van der Waals surface area contributed by atoms with Crippen molar-refractivity contribution in [1.29, 1.82) is 0 Å². The van der Waals surface area contributed by atoms with Crippen molar-refractivity contribution in [2.75, 3.05) is 19.6 Å². The van der Waals surface area contributed by atoms with Crippen LogP contribution in [0.25, 0.3) is 0 Å². The standard InChI is InChI=1S/C12H23NO3/c1-4-13-7-5-12(16,6-8-13)10(9(2)3)11(14)15/h9-10,16H,4-8H2,1-3H3,(H,14,15). The molecule has 2 N–H and O–H groups in total. The molecule has 0 aromatic carbocycles. The number of hydrogen-bond acceptors (Lipinski definition) is 3. The van der Waals surface area contributed by atoms with E-state index in [0.717, 1.165) is 19.6 Å². The highest BCUT2D eigenvalue weighted by molar-refractivity contribution is 5.71. The third-order valence-corrected chi connectivity index (χ3v) is 3.68. The maximum absolute atomic E-state index is 11.2. The van der Waals surface area contributed by atoms with Gasteiger partial charge in [0.15, 0.2) is 0 Å². The van der Waals surface area contributed by atoms with Crippen molar-refractivity contribution in [3.63, 3.8) is 0 Å². The molecule has 1 aliphatic rings. The van der Waals surface area contributed by atoms with Crippen LogP contribution in [-0.2, 0) is 4.79 Å². The quantitative estimate of drug-likeness (QED) is 0.760. The highest BCUT2D eigenvalue weighted by Crippen LogP contribution is 2.34. The summed E-state index contributed by atoms with van der Waals surface area (Å²) < 4.78 is 0. The fourth-order valence-electron chi connectivity index (χ4n) is 2.70. The number of piperidine rings is 1. The third kappa shape index (κ3) is 2.74. The number of aliphatic hydroxyl groups is 1. The van der Waals surface area contributed by atoms with Gasteiger partial charge in [-0.3, -0.25) is 4.79 Å². The molecule has 0 spiro atoms. The van der Waals surface area contributed by atoms with Gasteiger partial charge in [0.2, 0.25) is 0 Å². The van der Waals surface area contributed by atoms with Gasteiger partial charge in [0.25, 0.3) is 0 Å². The minimum Gasteiger partial charge on any atom is -0.481 e. The van der Waals surface area contributed by atoms with Crippen LogP contribution in [-0.4, -0.2) is 46.3 Å². The van der Waals surface area contributed by atoms with Gasteiger partial charge in [0, 0.05) is 13.1 Å². The molecule has 0 bridgehead atoms. The van der Waals surface area contributed by atoms with Crippen LogP contribution in [0.2, 0.25) is 0 Å². The summed E-state index contributed by atoms with van der Waals surface area (Å²) >= 11 is 0. The molecule has 1 rings (SSSR count). The number of carboxylic acid groups (broad SMARTS) is 1. The van der Waals surface area contributed by atoms with E-state index < -0.39 is 17.5 Å². The van der Waals surface area contributed by atoms with E-state index in [4.69, 9.17) is 0 Å². The van der Waals surface area contributed by atoms with Gasteiger partial charge >= 0.3 is 5.97 Å². The van der Waals surface area contributed by atoms with Crippen LogP contribution in [0, 0.1) is 11.8 Å². The van der Waals surface area contributed by atoms with Gasteiger partial charge < -0.3 is 15.1 Å². The van der Waals surface area contributed by atoms with Crippen LogP contribution in [0.3, 0.4) is 0 Å². The Morgan fingerprint density at radius 1 is 1.38 bits per heavy atom. The number of aliphatic carboxylic acids is 1. The van der Waals surface area contributed by atoms with Crippen LogP contribution in [0.1, 0.15) is 33.6 Å². The zero-order valence-electron chi connectivity index (χ0n) is 10.4. The van der Waals surface area contributed by atoms with Gasteiger partial charge in [-0.15, -0.1) is 0 Å². The number of carboxylic acids is 1. The van der Waals surface area contributed by atoms with Gasteiger partial charge in [-0.2, -0.15) is 0 Å². The molecular weight excluding hydrogens is 206 g/mol. The van der Waals surface area contributed by atoms with Crippen molar-refractivity contribution < 1.29 is 15.0 Å². The first-order valence-electron chi connectivity index (χ1n) is 6.08. The number of hydrogen-bond donors (Lipinski definition) is 2. The summed E-state index contributed by atoms with van der Waals surface area (Å²) in [6.07, 6.45) is 1.13. The van der Waals surface area contributed by atoms with Crippen molar-refractivity contribution in [1.82, 2.24) is 4.90 Å². The number of nitrogens with zero attached hydrogens (tertiary/aromatic N) is 1. The Morgan fingerprint density at radius 3 is 2.19 bits per heavy atom. The van der Waals surface area contributed by atoms with Crippen LogP contribution in [0.5, 0.6) is 0 Å². The molecule has 1 atom stereocenters. The van der Waals surface area contributed by atoms with Gasteiger partial charge in [0.05, 0.1) is 11.5 Å². The fourth-order valence-corrected chi connectivity index (χ4v) is 2.70. The molecule has 1 fully saturated rings. The Balaban J connectivity index is 2.73. The zero-order chi connectivity index (χ0) is 12.3. The Morgan fingerprint density at radius 2 is 1.88 bits per heavy atom. The van der Waals surface area contributed by atoms with Crippen molar-refractivity contribution in [2.45, 2.75) is 39.2 Å². The van der Waals surface area contributed by atoms with Gasteiger partial charge in [0.1, 0.15) is 0 Å². The molecule has 16 heavy (non-hydrogen) atoms. The molecule has 4 heteroatoms. The minimum atomic E-state index is -1.02. The highest BCUT2D eigenvalue weighted by atomic mass is 16.4. The third-order valence-electron chi connectivity index (χ3n) is 3.68. The van der Waals surface area contributed by atoms with E-state index >= 15 is 0 Å². The molecule has 1 heterocycles. The van der Waals surface area contributed by atoms with Gasteiger partial charge in [-0.25, -0.2) is 0 Å². The lowest BCUT2D eigenvalue weighted by atomic mass is 9.74. The summed E-state index contributed by atoms with van der Waals surface area (Å²) in [6.45, 7) is 8.37. The number of carbonyl (C=O) groups is 1. The Labute approximate surface area is 97.3 Å². The van der Waals surface area contributed by atoms with Crippen molar-refractivity contribution in [3.05, 3.63) is 0 Å². The van der Waals surface area contributed by atoms with Gasteiger partial charge in [-0.05, 0) is 25.3 Å². The average Bonchev–Trinajstić information content (AvgIpc) is 2.17. The summed E-state index contributed by atoms with van der Waals surface area (Å²) in [4.78, 5) is 13.5. The zero-order valence-corrected chi connectivity index (χ0v) is 10.4. The molecule has 0 aliphatic carbocycles. The van der Waals surface area contributed by atoms with Gasteiger partial charge in [-0.1, -0.05) is 20.8 Å². The van der Waals surface area contributed by atoms with E-state index in [1.54, 1.807) is 0 Å². The van der Waals surface area contributed by atoms with Crippen LogP contribution >= 0.6 is 0 Å². The summed E-state index contributed by atoms with van der Waals surface area (Å²) in [6, 6.07) is 0. The van der Waals surface area contributed by atoms with E-state index in [9.17, 15) is 15.0 Å². The smallest absolute Gasteiger partial charge is 0.309 e. The minimum absolute atomic E-state index is 0.0318. The van der Waals surface area contributed by atoms with Crippen molar-refractivity contribution in [2.24, 2.45) is 11.8 Å². The molecule has 0 aromatic rings. The normalized spacial score (nSPS) is 23.3. The topological polar surface area (TPSA) is 60.8 Å². The average molecular weight is 229 g/mol. The van der Waals surface area contributed by atoms with E-state index in [0.29, 0.717) is 12.8 Å².